The van der Waals surface area contributed by atoms with Crippen molar-refractivity contribution < 1.29 is 24.3 Å². The topological polar surface area (TPSA) is 166 Å². The number of fused-ring (bicyclic) bond motifs is 1. The molecule has 214 valence electrons. The molecule has 0 fully saturated rings. The Hall–Kier alpha value is -3.83. The number of thiol groups is 1. The Morgan fingerprint density at radius 3 is 2.10 bits per heavy atom. The molecule has 4 atom stereocenters. The monoisotopic (exact) mass is 567 g/mol. The van der Waals surface area contributed by atoms with Crippen LogP contribution in [0.4, 0.5) is 0 Å². The van der Waals surface area contributed by atoms with Crippen molar-refractivity contribution in [2.24, 2.45) is 11.7 Å². The number of hydrogen-bond donors (Lipinski definition) is 7. The molecule has 0 spiro atoms. The van der Waals surface area contributed by atoms with Crippen LogP contribution in [0.25, 0.3) is 10.9 Å². The summed E-state index contributed by atoms with van der Waals surface area (Å²) in [7, 11) is 0. The molecule has 0 radical (unpaired) electrons. The molecule has 0 aliphatic rings. The van der Waals surface area contributed by atoms with Gasteiger partial charge in [0.15, 0.2) is 0 Å². The van der Waals surface area contributed by atoms with Crippen LogP contribution in [0.5, 0.6) is 0 Å². The summed E-state index contributed by atoms with van der Waals surface area (Å²) < 4.78 is 0. The zero-order valence-electron chi connectivity index (χ0n) is 22.6. The van der Waals surface area contributed by atoms with Crippen LogP contribution in [0.1, 0.15) is 31.4 Å². The number of aliphatic carboxylic acids is 1. The lowest BCUT2D eigenvalue weighted by Gasteiger charge is -2.26. The van der Waals surface area contributed by atoms with Gasteiger partial charge in [-0.25, -0.2) is 4.79 Å². The van der Waals surface area contributed by atoms with E-state index in [4.69, 9.17) is 5.73 Å². The largest absolute Gasteiger partial charge is 0.480 e. The van der Waals surface area contributed by atoms with Crippen LogP contribution >= 0.6 is 12.6 Å². The molecular formula is C29H37N5O5S. The van der Waals surface area contributed by atoms with Crippen LogP contribution in [0.15, 0.2) is 60.8 Å². The lowest BCUT2D eigenvalue weighted by Crippen LogP contribution is -2.58. The van der Waals surface area contributed by atoms with Crippen molar-refractivity contribution in [2.45, 2.75) is 57.3 Å². The summed E-state index contributed by atoms with van der Waals surface area (Å²) >= 11 is 4.00. The molecule has 3 aromatic rings. The molecule has 0 aliphatic carbocycles. The highest BCUT2D eigenvalue weighted by atomic mass is 32.1. The number of nitrogens with two attached hydrogens (primary N) is 1. The molecule has 0 bridgehead atoms. The number of carbonyl (C=O) groups is 4. The maximum Gasteiger partial charge on any atom is 0.327 e. The van der Waals surface area contributed by atoms with Gasteiger partial charge in [-0.15, -0.1) is 0 Å². The fraction of sp³-hybridized carbons (Fsp3) is 0.379. The van der Waals surface area contributed by atoms with Crippen LogP contribution in [0.3, 0.4) is 0 Å². The molecular weight excluding hydrogens is 530 g/mol. The molecule has 4 unspecified atom stereocenters. The molecule has 11 heteroatoms. The average molecular weight is 568 g/mol. The lowest BCUT2D eigenvalue weighted by atomic mass is 10.00. The van der Waals surface area contributed by atoms with Crippen LogP contribution < -0.4 is 21.7 Å². The molecule has 0 saturated carbocycles. The standard InChI is InChI=1S/C29H37N5O5S/c1-17(2)12-23(32-26(35)21(30)14-19-15-31-22-11-7-6-10-20(19)22)27(36)33-24(13-18-8-4-3-5-9-18)28(37)34-25(16-40)29(38)39/h3-11,15,17,21,23-25,31,40H,12-14,16,30H2,1-2H3,(H,32,35)(H,33,36)(H,34,37)(H,38,39). The number of nitrogens with one attached hydrogen (secondary N) is 4. The number of aromatic amines is 1. The number of amides is 3. The van der Waals surface area contributed by atoms with E-state index >= 15 is 0 Å². The van der Waals surface area contributed by atoms with Gasteiger partial charge in [0.25, 0.3) is 0 Å². The van der Waals surface area contributed by atoms with Gasteiger partial charge in [-0.1, -0.05) is 62.4 Å². The summed E-state index contributed by atoms with van der Waals surface area (Å²) in [6.45, 7) is 3.83. The number of aromatic nitrogens is 1. The number of hydrogen-bond acceptors (Lipinski definition) is 6. The van der Waals surface area contributed by atoms with Gasteiger partial charge in [-0.3, -0.25) is 14.4 Å². The van der Waals surface area contributed by atoms with E-state index in [1.54, 1.807) is 24.3 Å². The fourth-order valence-corrected chi connectivity index (χ4v) is 4.65. The SMILES string of the molecule is CC(C)CC(NC(=O)C(N)Cc1c[nH]c2ccccc12)C(=O)NC(Cc1ccccc1)C(=O)NC(CS)C(=O)O. The predicted molar refractivity (Wildman–Crippen MR) is 157 cm³/mol. The van der Waals surface area contributed by atoms with Gasteiger partial charge in [0, 0.05) is 29.3 Å². The first-order chi connectivity index (χ1) is 19.1. The van der Waals surface area contributed by atoms with E-state index in [1.807, 2.05) is 50.4 Å². The van der Waals surface area contributed by atoms with Gasteiger partial charge in [0.05, 0.1) is 6.04 Å². The first-order valence-electron chi connectivity index (χ1n) is 13.2. The van der Waals surface area contributed by atoms with Crippen LogP contribution in [-0.4, -0.2) is 63.7 Å². The van der Waals surface area contributed by atoms with Gasteiger partial charge < -0.3 is 31.8 Å². The van der Waals surface area contributed by atoms with E-state index in [9.17, 15) is 24.3 Å². The number of benzene rings is 2. The molecule has 3 amide bonds. The van der Waals surface area contributed by atoms with E-state index in [0.29, 0.717) is 6.42 Å². The summed E-state index contributed by atoms with van der Waals surface area (Å²) in [4.78, 5) is 54.2. The van der Waals surface area contributed by atoms with Crippen molar-refractivity contribution in [3.05, 3.63) is 71.9 Å². The molecule has 1 aromatic heterocycles. The summed E-state index contributed by atoms with van der Waals surface area (Å²) in [6, 6.07) is 12.6. The summed E-state index contributed by atoms with van der Waals surface area (Å²) in [5, 5.41) is 18.2. The lowest BCUT2D eigenvalue weighted by molar-refractivity contribution is -0.141. The number of rotatable bonds is 14. The zero-order chi connectivity index (χ0) is 29.2. The molecule has 0 saturated heterocycles. The van der Waals surface area contributed by atoms with Crippen molar-refractivity contribution >= 4 is 47.2 Å². The second-order valence-corrected chi connectivity index (χ2v) is 10.6. The second-order valence-electron chi connectivity index (χ2n) is 10.2. The summed E-state index contributed by atoms with van der Waals surface area (Å²) in [5.41, 5.74) is 8.84. The van der Waals surface area contributed by atoms with Gasteiger partial charge in [0.1, 0.15) is 18.1 Å². The summed E-state index contributed by atoms with van der Waals surface area (Å²) in [6.07, 6.45) is 2.52. The number of carboxylic acids is 1. The fourth-order valence-electron chi connectivity index (χ4n) is 4.40. The van der Waals surface area contributed by atoms with E-state index in [-0.39, 0.29) is 24.5 Å². The number of H-pyrrole nitrogens is 1. The molecule has 1 heterocycles. The first kappa shape index (κ1) is 30.7. The van der Waals surface area contributed by atoms with Gasteiger partial charge in [-0.05, 0) is 36.0 Å². The molecule has 0 aliphatic heterocycles. The smallest absolute Gasteiger partial charge is 0.327 e. The third-order valence-corrected chi connectivity index (χ3v) is 6.87. The highest BCUT2D eigenvalue weighted by Gasteiger charge is 2.30. The van der Waals surface area contributed by atoms with E-state index in [1.165, 1.54) is 0 Å². The van der Waals surface area contributed by atoms with Gasteiger partial charge in [0.2, 0.25) is 17.7 Å². The highest BCUT2D eigenvalue weighted by molar-refractivity contribution is 7.80. The molecule has 3 rings (SSSR count). The highest BCUT2D eigenvalue weighted by Crippen LogP contribution is 2.19. The van der Waals surface area contributed by atoms with Crippen molar-refractivity contribution in [2.75, 3.05) is 5.75 Å². The minimum absolute atomic E-state index is 0.0443. The molecule has 2 aromatic carbocycles. The van der Waals surface area contributed by atoms with Gasteiger partial charge >= 0.3 is 5.97 Å². The van der Waals surface area contributed by atoms with Crippen LogP contribution in [0.2, 0.25) is 0 Å². The van der Waals surface area contributed by atoms with Crippen molar-refractivity contribution in [3.8, 4) is 0 Å². The quantitative estimate of drug-likeness (QED) is 0.147. The molecule has 10 nitrogen and oxygen atoms in total. The predicted octanol–water partition coefficient (Wildman–Crippen LogP) is 1.80. The maximum atomic E-state index is 13.4. The number of carbonyl (C=O) groups excluding carboxylic acids is 3. The van der Waals surface area contributed by atoms with Crippen LogP contribution in [0, 0.1) is 5.92 Å². The minimum atomic E-state index is -1.23. The Morgan fingerprint density at radius 2 is 1.45 bits per heavy atom. The third-order valence-electron chi connectivity index (χ3n) is 6.50. The maximum absolute atomic E-state index is 13.4. The molecule has 40 heavy (non-hydrogen) atoms. The van der Waals surface area contributed by atoms with E-state index < -0.39 is 47.9 Å². The van der Waals surface area contributed by atoms with Gasteiger partial charge in [-0.2, -0.15) is 12.6 Å². The molecule has 7 N–H and O–H groups in total. The Bertz CT molecular complexity index is 1310. The van der Waals surface area contributed by atoms with Crippen molar-refractivity contribution in [1.29, 1.82) is 0 Å². The third kappa shape index (κ3) is 8.59. The van der Waals surface area contributed by atoms with Crippen molar-refractivity contribution in [3.63, 3.8) is 0 Å². The number of para-hydroxylation sites is 1. The first-order valence-corrected chi connectivity index (χ1v) is 13.8. The van der Waals surface area contributed by atoms with E-state index in [2.05, 4.69) is 33.6 Å². The Morgan fingerprint density at radius 1 is 0.850 bits per heavy atom. The Balaban J connectivity index is 1.74. The Labute approximate surface area is 238 Å². The Kier molecular flexibility index (Phi) is 11.2. The minimum Gasteiger partial charge on any atom is -0.480 e. The van der Waals surface area contributed by atoms with E-state index in [0.717, 1.165) is 22.0 Å². The summed E-state index contributed by atoms with van der Waals surface area (Å²) in [5.74, 6) is -3.02. The second kappa shape index (κ2) is 14.5. The number of carboxylic acid groups (broad SMARTS) is 1. The normalized spacial score (nSPS) is 14.2. The van der Waals surface area contributed by atoms with Crippen LogP contribution in [-0.2, 0) is 32.0 Å². The van der Waals surface area contributed by atoms with Crippen molar-refractivity contribution in [1.82, 2.24) is 20.9 Å². The average Bonchev–Trinajstić information content (AvgIpc) is 3.33. The zero-order valence-corrected chi connectivity index (χ0v) is 23.5.